The number of hydrogen-bond acceptors (Lipinski definition) is 4. The van der Waals surface area contributed by atoms with Crippen molar-refractivity contribution >= 4 is 17.5 Å². The van der Waals surface area contributed by atoms with Crippen LogP contribution in [0.3, 0.4) is 0 Å². The lowest BCUT2D eigenvalue weighted by molar-refractivity contribution is -0.129. The van der Waals surface area contributed by atoms with Crippen LogP contribution in [0.2, 0.25) is 0 Å². The molecule has 6 nitrogen and oxygen atoms in total. The third-order valence-corrected chi connectivity index (χ3v) is 4.43. The summed E-state index contributed by atoms with van der Waals surface area (Å²) in [6.07, 6.45) is 1.73. The molecule has 2 rings (SSSR count). The number of piperidine rings is 1. The molecule has 0 atom stereocenters. The zero-order valence-corrected chi connectivity index (χ0v) is 16.3. The van der Waals surface area contributed by atoms with E-state index in [2.05, 4.69) is 15.5 Å². The smallest absolute Gasteiger partial charge is 0.238 e. The summed E-state index contributed by atoms with van der Waals surface area (Å²) in [5.41, 5.74) is 0.331. The van der Waals surface area contributed by atoms with Gasteiger partial charge in [0.15, 0.2) is 0 Å². The number of nitrogens with zero attached hydrogens (tertiary/aromatic N) is 1. The van der Waals surface area contributed by atoms with Crippen molar-refractivity contribution < 1.29 is 14.3 Å². The summed E-state index contributed by atoms with van der Waals surface area (Å²) in [4.78, 5) is 26.6. The molecule has 0 unspecified atom stereocenters. The molecule has 1 aliphatic rings. The van der Waals surface area contributed by atoms with E-state index in [0.29, 0.717) is 24.6 Å². The van der Waals surface area contributed by atoms with E-state index in [4.69, 9.17) is 4.74 Å². The topological polar surface area (TPSA) is 70.7 Å². The number of likely N-dealkylation sites (tertiary alicyclic amines) is 1. The molecule has 0 spiro atoms. The molecule has 2 amide bonds. The molecule has 1 saturated heterocycles. The Balaban J connectivity index is 1.79. The Hall–Kier alpha value is -2.08. The SMILES string of the molecule is CCOc1ccccc1NC(=O)CN1CCC(NC(=O)C(C)(C)C)CC1. The van der Waals surface area contributed by atoms with E-state index >= 15 is 0 Å². The summed E-state index contributed by atoms with van der Waals surface area (Å²) in [7, 11) is 0. The first-order chi connectivity index (χ1) is 12.3. The van der Waals surface area contributed by atoms with Crippen LogP contribution < -0.4 is 15.4 Å². The Morgan fingerprint density at radius 1 is 1.19 bits per heavy atom. The minimum atomic E-state index is -0.370. The molecule has 1 heterocycles. The molecule has 0 bridgehead atoms. The molecule has 0 aromatic heterocycles. The third-order valence-electron chi connectivity index (χ3n) is 4.43. The van der Waals surface area contributed by atoms with Crippen LogP contribution in [0.15, 0.2) is 24.3 Å². The van der Waals surface area contributed by atoms with E-state index in [1.54, 1.807) is 0 Å². The first-order valence-corrected chi connectivity index (χ1v) is 9.34. The Kier molecular flexibility index (Phi) is 7.03. The summed E-state index contributed by atoms with van der Waals surface area (Å²) in [6, 6.07) is 7.65. The Bertz CT molecular complexity index is 617. The number of carbonyl (C=O) groups excluding carboxylic acids is 2. The van der Waals surface area contributed by atoms with Crippen LogP contribution in [0.5, 0.6) is 5.75 Å². The highest BCUT2D eigenvalue weighted by molar-refractivity contribution is 5.93. The van der Waals surface area contributed by atoms with Crippen LogP contribution in [0.4, 0.5) is 5.69 Å². The Morgan fingerprint density at radius 3 is 2.46 bits per heavy atom. The lowest BCUT2D eigenvalue weighted by Crippen LogP contribution is -2.48. The second-order valence-electron chi connectivity index (χ2n) is 7.75. The molecule has 1 aromatic rings. The van der Waals surface area contributed by atoms with E-state index in [1.165, 1.54) is 0 Å². The fourth-order valence-corrected chi connectivity index (χ4v) is 2.88. The fourth-order valence-electron chi connectivity index (χ4n) is 2.88. The second kappa shape index (κ2) is 9.03. The molecule has 0 radical (unpaired) electrons. The fraction of sp³-hybridized carbons (Fsp3) is 0.600. The maximum atomic E-state index is 12.3. The van der Waals surface area contributed by atoms with Crippen molar-refractivity contribution in [3.05, 3.63) is 24.3 Å². The molecule has 1 fully saturated rings. The monoisotopic (exact) mass is 361 g/mol. The van der Waals surface area contributed by atoms with Crippen molar-refractivity contribution in [3.8, 4) is 5.75 Å². The highest BCUT2D eigenvalue weighted by atomic mass is 16.5. The molecule has 0 saturated carbocycles. The van der Waals surface area contributed by atoms with Gasteiger partial charge in [0.05, 0.1) is 18.8 Å². The summed E-state index contributed by atoms with van der Waals surface area (Å²) < 4.78 is 5.54. The standard InChI is InChI=1S/C20H31N3O3/c1-5-26-17-9-7-6-8-16(17)22-18(24)14-23-12-10-15(11-13-23)21-19(25)20(2,3)4/h6-9,15H,5,10-14H2,1-4H3,(H,21,25)(H,22,24). The van der Waals surface area contributed by atoms with Crippen LogP contribution >= 0.6 is 0 Å². The van der Waals surface area contributed by atoms with Crippen molar-refractivity contribution in [1.29, 1.82) is 0 Å². The Labute approximate surface area is 156 Å². The number of anilines is 1. The molecule has 1 aliphatic heterocycles. The van der Waals surface area contributed by atoms with Crippen LogP contribution in [-0.4, -0.2) is 49.0 Å². The molecule has 26 heavy (non-hydrogen) atoms. The van der Waals surface area contributed by atoms with Gasteiger partial charge < -0.3 is 15.4 Å². The number of nitrogens with one attached hydrogen (secondary N) is 2. The zero-order chi connectivity index (χ0) is 19.2. The summed E-state index contributed by atoms with van der Waals surface area (Å²) >= 11 is 0. The zero-order valence-electron chi connectivity index (χ0n) is 16.3. The van der Waals surface area contributed by atoms with Gasteiger partial charge in [0.25, 0.3) is 0 Å². The van der Waals surface area contributed by atoms with Gasteiger partial charge in [-0.05, 0) is 31.9 Å². The predicted octanol–water partition coefficient (Wildman–Crippen LogP) is 2.65. The Morgan fingerprint density at radius 2 is 1.85 bits per heavy atom. The summed E-state index contributed by atoms with van der Waals surface area (Å²) in [5, 5.41) is 6.04. The highest BCUT2D eigenvalue weighted by Gasteiger charge is 2.27. The van der Waals surface area contributed by atoms with E-state index in [1.807, 2.05) is 52.0 Å². The van der Waals surface area contributed by atoms with E-state index in [-0.39, 0.29) is 23.3 Å². The second-order valence-corrected chi connectivity index (χ2v) is 7.75. The van der Waals surface area contributed by atoms with E-state index in [9.17, 15) is 9.59 Å². The number of para-hydroxylation sites is 2. The maximum absolute atomic E-state index is 12.3. The largest absolute Gasteiger partial charge is 0.492 e. The van der Waals surface area contributed by atoms with Gasteiger partial charge in [-0.2, -0.15) is 0 Å². The number of ether oxygens (including phenoxy) is 1. The average Bonchev–Trinajstić information content (AvgIpc) is 2.58. The lowest BCUT2D eigenvalue weighted by atomic mass is 9.94. The first kappa shape index (κ1) is 20.2. The molecular formula is C20H31N3O3. The average molecular weight is 361 g/mol. The van der Waals surface area contributed by atoms with Gasteiger partial charge in [0.1, 0.15) is 5.75 Å². The van der Waals surface area contributed by atoms with Crippen LogP contribution in [0.1, 0.15) is 40.5 Å². The number of hydrogen-bond donors (Lipinski definition) is 2. The van der Waals surface area contributed by atoms with Crippen molar-refractivity contribution in [2.24, 2.45) is 5.41 Å². The first-order valence-electron chi connectivity index (χ1n) is 9.34. The lowest BCUT2D eigenvalue weighted by Gasteiger charge is -2.33. The van der Waals surface area contributed by atoms with Gasteiger partial charge in [-0.3, -0.25) is 14.5 Å². The number of benzene rings is 1. The molecule has 1 aromatic carbocycles. The van der Waals surface area contributed by atoms with Gasteiger partial charge in [0, 0.05) is 24.5 Å². The predicted molar refractivity (Wildman–Crippen MR) is 103 cm³/mol. The van der Waals surface area contributed by atoms with Crippen molar-refractivity contribution in [2.45, 2.75) is 46.6 Å². The number of rotatable bonds is 6. The van der Waals surface area contributed by atoms with Gasteiger partial charge in [-0.1, -0.05) is 32.9 Å². The van der Waals surface area contributed by atoms with Gasteiger partial charge in [-0.25, -0.2) is 0 Å². The van der Waals surface area contributed by atoms with Crippen molar-refractivity contribution in [1.82, 2.24) is 10.2 Å². The number of carbonyl (C=O) groups is 2. The van der Waals surface area contributed by atoms with Crippen LogP contribution in [0, 0.1) is 5.41 Å². The van der Waals surface area contributed by atoms with E-state index in [0.717, 1.165) is 25.9 Å². The number of amides is 2. The van der Waals surface area contributed by atoms with Crippen molar-refractivity contribution in [3.63, 3.8) is 0 Å². The molecular weight excluding hydrogens is 330 g/mol. The van der Waals surface area contributed by atoms with Gasteiger partial charge in [0.2, 0.25) is 11.8 Å². The van der Waals surface area contributed by atoms with Crippen molar-refractivity contribution in [2.75, 3.05) is 31.6 Å². The van der Waals surface area contributed by atoms with E-state index < -0.39 is 0 Å². The molecule has 2 N–H and O–H groups in total. The minimum absolute atomic E-state index is 0.0469. The van der Waals surface area contributed by atoms with Gasteiger partial charge >= 0.3 is 0 Å². The van der Waals surface area contributed by atoms with Gasteiger partial charge in [-0.15, -0.1) is 0 Å². The van der Waals surface area contributed by atoms with Crippen LogP contribution in [-0.2, 0) is 9.59 Å². The molecule has 0 aliphatic carbocycles. The maximum Gasteiger partial charge on any atom is 0.238 e. The third kappa shape index (κ3) is 6.02. The molecule has 144 valence electrons. The molecule has 6 heteroatoms. The highest BCUT2D eigenvalue weighted by Crippen LogP contribution is 2.23. The minimum Gasteiger partial charge on any atom is -0.492 e. The summed E-state index contributed by atoms with van der Waals surface area (Å²) in [5.74, 6) is 0.725. The summed E-state index contributed by atoms with van der Waals surface area (Å²) in [6.45, 7) is 10.2. The normalized spacial score (nSPS) is 16.2. The quantitative estimate of drug-likeness (QED) is 0.817. The van der Waals surface area contributed by atoms with Crippen LogP contribution in [0.25, 0.3) is 0 Å².